The Labute approximate surface area is 172 Å². The Hall–Kier alpha value is -2.63. The number of benzene rings is 2. The number of rotatable bonds is 4. The van der Waals surface area contributed by atoms with Crippen molar-refractivity contribution in [3.8, 4) is 5.69 Å². The van der Waals surface area contributed by atoms with Crippen molar-refractivity contribution in [2.45, 2.75) is 11.8 Å². The van der Waals surface area contributed by atoms with E-state index >= 15 is 0 Å². The van der Waals surface area contributed by atoms with Crippen molar-refractivity contribution < 1.29 is 26.4 Å². The Morgan fingerprint density at radius 1 is 1.10 bits per heavy atom. The number of carbonyl (C=O) groups excluding carboxylic acids is 1. The summed E-state index contributed by atoms with van der Waals surface area (Å²) in [5.41, 5.74) is -0.0527. The van der Waals surface area contributed by atoms with Gasteiger partial charge in [-0.05, 0) is 25.1 Å². The molecule has 3 aromatic rings. The first-order valence-corrected chi connectivity index (χ1v) is 9.84. The van der Waals surface area contributed by atoms with Crippen LogP contribution in [0.25, 0.3) is 5.69 Å². The van der Waals surface area contributed by atoms with Crippen molar-refractivity contribution in [2.24, 2.45) is 0 Å². The van der Waals surface area contributed by atoms with Gasteiger partial charge in [0.05, 0.1) is 16.4 Å². The van der Waals surface area contributed by atoms with E-state index in [0.29, 0.717) is 10.7 Å². The van der Waals surface area contributed by atoms with E-state index in [9.17, 15) is 26.4 Å². The van der Waals surface area contributed by atoms with Crippen LogP contribution in [0.1, 0.15) is 16.2 Å². The molecule has 0 spiro atoms. The molecule has 1 N–H and O–H groups in total. The monoisotopic (exact) mass is 464 g/mol. The lowest BCUT2D eigenvalue weighted by atomic mass is 10.3. The number of hydrogen-bond acceptors (Lipinski definition) is 5. The van der Waals surface area contributed by atoms with Crippen LogP contribution in [0.15, 0.2) is 35.2 Å². The second-order valence-electron chi connectivity index (χ2n) is 5.66. The predicted molar refractivity (Wildman–Crippen MR) is 97.1 cm³/mol. The fourth-order valence-electron chi connectivity index (χ4n) is 2.43. The van der Waals surface area contributed by atoms with Crippen LogP contribution >= 0.6 is 23.2 Å². The maximum Gasteiger partial charge on any atom is 0.287 e. The molecule has 0 fully saturated rings. The Kier molecular flexibility index (Phi) is 5.57. The van der Waals surface area contributed by atoms with Crippen molar-refractivity contribution in [1.82, 2.24) is 19.7 Å². The van der Waals surface area contributed by atoms with Gasteiger partial charge in [-0.1, -0.05) is 28.4 Å². The highest BCUT2D eigenvalue weighted by atomic mass is 35.5. The lowest BCUT2D eigenvalue weighted by Crippen LogP contribution is -2.32. The van der Waals surface area contributed by atoms with Gasteiger partial charge in [0.1, 0.15) is 17.5 Å². The Bertz CT molecular complexity index is 1230. The largest absolute Gasteiger partial charge is 0.287 e. The molecule has 3 rings (SSSR count). The van der Waals surface area contributed by atoms with Crippen molar-refractivity contribution in [3.05, 3.63) is 69.2 Å². The first kappa shape index (κ1) is 21.1. The SMILES string of the molecule is Cc1c(C(=O)NS(=O)(=O)c2c(F)cc(F)cc2F)nnn1-c1ccc(Cl)cc1Cl. The first-order valence-electron chi connectivity index (χ1n) is 7.60. The van der Waals surface area contributed by atoms with E-state index in [0.717, 1.165) is 4.68 Å². The minimum absolute atomic E-state index is 0.0852. The Balaban J connectivity index is 1.95. The van der Waals surface area contributed by atoms with Crippen LogP contribution in [0.5, 0.6) is 0 Å². The normalized spacial score (nSPS) is 11.5. The molecule has 2 aromatic carbocycles. The molecular weight excluding hydrogens is 456 g/mol. The van der Waals surface area contributed by atoms with Gasteiger partial charge in [0.2, 0.25) is 0 Å². The highest BCUT2D eigenvalue weighted by Gasteiger charge is 2.29. The molecular formula is C16H9Cl2F3N4O3S. The molecule has 0 unspecified atom stereocenters. The van der Waals surface area contributed by atoms with Gasteiger partial charge in [0.25, 0.3) is 15.9 Å². The standard InChI is InChI=1S/C16H9Cl2F3N4O3S/c1-7-14(22-24-25(7)13-3-2-8(17)4-10(13)18)16(26)23-29(27,28)15-11(20)5-9(19)6-12(15)21/h2-6H,1H3,(H,23,26). The third kappa shape index (κ3) is 4.07. The molecule has 0 saturated heterocycles. The zero-order valence-corrected chi connectivity index (χ0v) is 16.6. The van der Waals surface area contributed by atoms with E-state index in [1.165, 1.54) is 29.8 Å². The molecule has 7 nitrogen and oxygen atoms in total. The van der Waals surface area contributed by atoms with Gasteiger partial charge >= 0.3 is 0 Å². The number of nitrogens with one attached hydrogen (secondary N) is 1. The van der Waals surface area contributed by atoms with Gasteiger partial charge < -0.3 is 0 Å². The molecule has 0 saturated carbocycles. The number of amides is 1. The fourth-order valence-corrected chi connectivity index (χ4v) is 3.99. The molecule has 0 radical (unpaired) electrons. The van der Waals surface area contributed by atoms with E-state index in [1.807, 2.05) is 0 Å². The van der Waals surface area contributed by atoms with Crippen LogP contribution in [0.3, 0.4) is 0 Å². The second kappa shape index (κ2) is 7.65. The van der Waals surface area contributed by atoms with Gasteiger partial charge in [0, 0.05) is 17.2 Å². The summed E-state index contributed by atoms with van der Waals surface area (Å²) >= 11 is 11.9. The van der Waals surface area contributed by atoms with Gasteiger partial charge in [-0.2, -0.15) is 0 Å². The zero-order chi connectivity index (χ0) is 21.5. The summed E-state index contributed by atoms with van der Waals surface area (Å²) in [6.45, 7) is 1.39. The highest BCUT2D eigenvalue weighted by Crippen LogP contribution is 2.25. The van der Waals surface area contributed by atoms with Crippen molar-refractivity contribution >= 4 is 39.1 Å². The average Bonchev–Trinajstić information content (AvgIpc) is 2.94. The van der Waals surface area contributed by atoms with Gasteiger partial charge in [-0.15, -0.1) is 5.10 Å². The number of nitrogens with zero attached hydrogens (tertiary/aromatic N) is 3. The molecule has 152 valence electrons. The van der Waals surface area contributed by atoms with Gasteiger partial charge in [-0.3, -0.25) is 4.79 Å². The van der Waals surface area contributed by atoms with E-state index in [2.05, 4.69) is 10.3 Å². The van der Waals surface area contributed by atoms with Crippen LogP contribution in [-0.4, -0.2) is 29.3 Å². The molecule has 1 aromatic heterocycles. The lowest BCUT2D eigenvalue weighted by Gasteiger charge is -2.09. The fraction of sp³-hybridized carbons (Fsp3) is 0.0625. The van der Waals surface area contributed by atoms with E-state index in [4.69, 9.17) is 23.2 Å². The summed E-state index contributed by atoms with van der Waals surface area (Å²) in [6.07, 6.45) is 0. The van der Waals surface area contributed by atoms with Crippen LogP contribution in [-0.2, 0) is 10.0 Å². The van der Waals surface area contributed by atoms with Crippen molar-refractivity contribution in [1.29, 1.82) is 0 Å². The number of aromatic nitrogens is 3. The Morgan fingerprint density at radius 2 is 1.72 bits per heavy atom. The first-order chi connectivity index (χ1) is 13.5. The summed E-state index contributed by atoms with van der Waals surface area (Å²) < 4.78 is 67.6. The summed E-state index contributed by atoms with van der Waals surface area (Å²) in [5, 5.41) is 7.85. The Morgan fingerprint density at radius 3 is 2.31 bits per heavy atom. The van der Waals surface area contributed by atoms with E-state index < -0.39 is 44.0 Å². The minimum atomic E-state index is -5.01. The van der Waals surface area contributed by atoms with E-state index in [1.54, 1.807) is 0 Å². The van der Waals surface area contributed by atoms with Gasteiger partial charge in [0.15, 0.2) is 10.6 Å². The molecule has 0 aliphatic heterocycles. The smallest absolute Gasteiger partial charge is 0.266 e. The maximum atomic E-state index is 13.8. The van der Waals surface area contributed by atoms with Gasteiger partial charge in [-0.25, -0.2) is 31.0 Å². The predicted octanol–water partition coefficient (Wildman–Crippen LogP) is 3.42. The molecule has 1 heterocycles. The average molecular weight is 465 g/mol. The van der Waals surface area contributed by atoms with Crippen LogP contribution in [0.4, 0.5) is 13.2 Å². The third-order valence-electron chi connectivity index (χ3n) is 3.71. The number of carbonyl (C=O) groups is 1. The number of halogens is 5. The van der Waals surface area contributed by atoms with E-state index in [-0.39, 0.29) is 22.8 Å². The molecule has 1 amide bonds. The topological polar surface area (TPSA) is 93.9 Å². The van der Waals surface area contributed by atoms with Crippen molar-refractivity contribution in [2.75, 3.05) is 0 Å². The minimum Gasteiger partial charge on any atom is -0.266 e. The quantitative estimate of drug-likeness (QED) is 0.638. The lowest BCUT2D eigenvalue weighted by molar-refractivity contribution is 0.0976. The molecule has 0 aliphatic carbocycles. The second-order valence-corrected chi connectivity index (χ2v) is 8.13. The number of sulfonamides is 1. The molecule has 0 atom stereocenters. The molecule has 0 bridgehead atoms. The summed E-state index contributed by atoms with van der Waals surface area (Å²) in [5.74, 6) is -6.02. The zero-order valence-electron chi connectivity index (χ0n) is 14.3. The summed E-state index contributed by atoms with van der Waals surface area (Å²) in [4.78, 5) is 10.8. The maximum absolute atomic E-state index is 13.8. The van der Waals surface area contributed by atoms with Crippen LogP contribution in [0.2, 0.25) is 10.0 Å². The van der Waals surface area contributed by atoms with Crippen LogP contribution in [0, 0.1) is 24.4 Å². The highest BCUT2D eigenvalue weighted by molar-refractivity contribution is 7.90. The number of hydrogen-bond donors (Lipinski definition) is 1. The van der Waals surface area contributed by atoms with Crippen LogP contribution < -0.4 is 4.72 Å². The molecule has 29 heavy (non-hydrogen) atoms. The summed E-state index contributed by atoms with van der Waals surface area (Å²) in [7, 11) is -5.01. The molecule has 13 heteroatoms. The van der Waals surface area contributed by atoms with Crippen molar-refractivity contribution in [3.63, 3.8) is 0 Å². The summed E-state index contributed by atoms with van der Waals surface area (Å²) in [6, 6.07) is 4.77. The molecule has 0 aliphatic rings. The third-order valence-corrected chi connectivity index (χ3v) is 5.63.